The molecule has 1 amide bonds. The highest BCUT2D eigenvalue weighted by Crippen LogP contribution is 2.31. The smallest absolute Gasteiger partial charge is 0.320 e. The molecule has 0 spiro atoms. The Balaban J connectivity index is 2.36. The van der Waals surface area contributed by atoms with Gasteiger partial charge in [0.05, 0.1) is 15.5 Å². The van der Waals surface area contributed by atoms with E-state index in [1.807, 2.05) is 0 Å². The molecule has 0 aliphatic heterocycles. The van der Waals surface area contributed by atoms with Gasteiger partial charge in [-0.25, -0.2) is 4.68 Å². The summed E-state index contributed by atoms with van der Waals surface area (Å²) in [7, 11) is 0. The van der Waals surface area contributed by atoms with Crippen molar-refractivity contribution in [2.24, 2.45) is 0 Å². The molecule has 1 N–H and O–H groups in total. The molecule has 0 saturated carbocycles. The van der Waals surface area contributed by atoms with Crippen LogP contribution in [0.1, 0.15) is 22.6 Å². The van der Waals surface area contributed by atoms with Crippen molar-refractivity contribution in [2.45, 2.75) is 13.5 Å². The molecule has 0 aliphatic carbocycles. The van der Waals surface area contributed by atoms with Gasteiger partial charge in [-0.2, -0.15) is 13.9 Å². The number of nitrogens with one attached hydrogen (secondary N) is 1. The predicted octanol–water partition coefficient (Wildman–Crippen LogP) is 2.66. The number of carbonyl (C=O) groups is 1. The van der Waals surface area contributed by atoms with Crippen LogP contribution in [0.15, 0.2) is 24.4 Å². The summed E-state index contributed by atoms with van der Waals surface area (Å²) in [6.07, 6.45) is 0.875. The molecule has 2 aromatic rings. The number of rotatable bonds is 5. The average Bonchev–Trinajstić information content (AvgIpc) is 2.98. The van der Waals surface area contributed by atoms with E-state index in [2.05, 4.69) is 10.4 Å². The molecular weight excluding hydrogens is 332 g/mol. The Bertz CT molecular complexity index is 800. The Labute approximate surface area is 132 Å². The zero-order valence-electron chi connectivity index (χ0n) is 12.0. The number of benzene rings is 1. The minimum atomic E-state index is -2.94. The van der Waals surface area contributed by atoms with Gasteiger partial charge in [-0.15, -0.1) is 0 Å². The predicted molar refractivity (Wildman–Crippen MR) is 75.9 cm³/mol. The van der Waals surface area contributed by atoms with Crippen molar-refractivity contribution < 1.29 is 23.4 Å². The maximum Gasteiger partial charge on any atom is 0.333 e. The van der Waals surface area contributed by atoms with Crippen LogP contribution in [-0.4, -0.2) is 25.5 Å². The fraction of sp³-hybridized carbons (Fsp3) is 0.167. The minimum absolute atomic E-state index is 0.176. The first-order chi connectivity index (χ1) is 11.2. The van der Waals surface area contributed by atoms with Crippen molar-refractivity contribution in [2.75, 3.05) is 5.32 Å². The van der Waals surface area contributed by atoms with Crippen LogP contribution in [0.4, 0.5) is 25.8 Å². The van der Waals surface area contributed by atoms with Crippen LogP contribution in [0.3, 0.4) is 0 Å². The Kier molecular flexibility index (Phi) is 4.48. The lowest BCUT2D eigenvalue weighted by Crippen LogP contribution is -2.14. The summed E-state index contributed by atoms with van der Waals surface area (Å²) in [5, 5.41) is 27.4. The third-order valence-corrected chi connectivity index (χ3v) is 3.05. The van der Waals surface area contributed by atoms with Crippen LogP contribution in [0.25, 0.3) is 0 Å². The van der Waals surface area contributed by atoms with Crippen LogP contribution in [0.2, 0.25) is 0 Å². The number of anilines is 1. The SMILES string of the molecule is Cc1c([N+](=O)[O-])cc(NC(=O)c2ccn(C(F)F)n2)cc1[N+](=O)[O-]. The molecule has 0 radical (unpaired) electrons. The van der Waals surface area contributed by atoms with Gasteiger partial charge in [0.25, 0.3) is 17.3 Å². The summed E-state index contributed by atoms with van der Waals surface area (Å²) < 4.78 is 25.1. The first-order valence-electron chi connectivity index (χ1n) is 6.28. The Morgan fingerprint density at radius 1 is 1.25 bits per heavy atom. The summed E-state index contributed by atoms with van der Waals surface area (Å²) >= 11 is 0. The quantitative estimate of drug-likeness (QED) is 0.656. The van der Waals surface area contributed by atoms with Crippen molar-refractivity contribution in [1.29, 1.82) is 0 Å². The highest BCUT2D eigenvalue weighted by Gasteiger charge is 2.24. The van der Waals surface area contributed by atoms with Crippen molar-refractivity contribution in [3.05, 3.63) is 55.9 Å². The minimum Gasteiger partial charge on any atom is -0.320 e. The molecule has 24 heavy (non-hydrogen) atoms. The van der Waals surface area contributed by atoms with Crippen molar-refractivity contribution in [3.8, 4) is 0 Å². The van der Waals surface area contributed by atoms with E-state index in [-0.39, 0.29) is 21.6 Å². The van der Waals surface area contributed by atoms with E-state index >= 15 is 0 Å². The second-order valence-corrected chi connectivity index (χ2v) is 4.57. The number of nitro benzene ring substituents is 2. The van der Waals surface area contributed by atoms with E-state index in [1.165, 1.54) is 6.92 Å². The normalized spacial score (nSPS) is 10.7. The fourth-order valence-corrected chi connectivity index (χ4v) is 1.90. The second-order valence-electron chi connectivity index (χ2n) is 4.57. The average molecular weight is 341 g/mol. The van der Waals surface area contributed by atoms with Crippen LogP contribution in [0.5, 0.6) is 0 Å². The number of nitro groups is 2. The molecule has 2 rings (SSSR count). The van der Waals surface area contributed by atoms with Gasteiger partial charge in [-0.05, 0) is 13.0 Å². The highest BCUT2D eigenvalue weighted by atomic mass is 19.3. The molecule has 1 aromatic heterocycles. The van der Waals surface area contributed by atoms with Gasteiger partial charge < -0.3 is 5.32 Å². The van der Waals surface area contributed by atoms with Gasteiger partial charge in [0.2, 0.25) is 0 Å². The Morgan fingerprint density at radius 2 is 1.79 bits per heavy atom. The summed E-state index contributed by atoms with van der Waals surface area (Å²) in [5.74, 6) is -0.943. The summed E-state index contributed by atoms with van der Waals surface area (Å²) in [6.45, 7) is -1.74. The molecule has 0 aliphatic rings. The van der Waals surface area contributed by atoms with Crippen molar-refractivity contribution in [3.63, 3.8) is 0 Å². The lowest BCUT2D eigenvalue weighted by atomic mass is 10.1. The van der Waals surface area contributed by atoms with Crippen LogP contribution in [0, 0.1) is 27.2 Å². The molecule has 0 bridgehead atoms. The second kappa shape index (κ2) is 6.36. The van der Waals surface area contributed by atoms with Crippen LogP contribution in [-0.2, 0) is 0 Å². The van der Waals surface area contributed by atoms with E-state index in [9.17, 15) is 33.8 Å². The van der Waals surface area contributed by atoms with Gasteiger partial charge in [-0.1, -0.05) is 0 Å². The highest BCUT2D eigenvalue weighted by molar-refractivity contribution is 6.03. The summed E-state index contributed by atoms with van der Waals surface area (Å²) in [4.78, 5) is 32.2. The first kappa shape index (κ1) is 16.9. The number of carbonyl (C=O) groups excluding carboxylic acids is 1. The molecule has 1 aromatic carbocycles. The number of alkyl halides is 2. The van der Waals surface area contributed by atoms with Gasteiger partial charge in [0, 0.05) is 18.3 Å². The van der Waals surface area contributed by atoms with Crippen LogP contribution < -0.4 is 5.32 Å². The largest absolute Gasteiger partial charge is 0.333 e. The van der Waals surface area contributed by atoms with Gasteiger partial charge in [-0.3, -0.25) is 25.0 Å². The Hall–Kier alpha value is -3.44. The maximum absolute atomic E-state index is 12.4. The van der Waals surface area contributed by atoms with Crippen molar-refractivity contribution in [1.82, 2.24) is 9.78 Å². The number of hydrogen-bond acceptors (Lipinski definition) is 6. The molecule has 0 unspecified atom stereocenters. The molecule has 0 fully saturated rings. The molecule has 0 atom stereocenters. The summed E-state index contributed by atoms with van der Waals surface area (Å²) in [6, 6.07) is 2.88. The van der Waals surface area contributed by atoms with E-state index in [0.717, 1.165) is 24.4 Å². The number of halogens is 2. The fourth-order valence-electron chi connectivity index (χ4n) is 1.90. The lowest BCUT2D eigenvalue weighted by molar-refractivity contribution is -0.395. The van der Waals surface area contributed by atoms with Crippen molar-refractivity contribution >= 4 is 23.0 Å². The third-order valence-electron chi connectivity index (χ3n) is 3.05. The van der Waals surface area contributed by atoms with Gasteiger partial charge in [0.1, 0.15) is 5.56 Å². The van der Waals surface area contributed by atoms with E-state index in [0.29, 0.717) is 0 Å². The zero-order valence-corrected chi connectivity index (χ0v) is 12.0. The summed E-state index contributed by atoms with van der Waals surface area (Å²) in [5.41, 5.74) is -1.89. The van der Waals surface area contributed by atoms with E-state index in [1.54, 1.807) is 0 Å². The maximum atomic E-state index is 12.4. The monoisotopic (exact) mass is 341 g/mol. The van der Waals surface area contributed by atoms with Crippen LogP contribution >= 0.6 is 0 Å². The van der Waals surface area contributed by atoms with Gasteiger partial charge >= 0.3 is 6.55 Å². The number of hydrogen-bond donors (Lipinski definition) is 1. The first-order valence-corrected chi connectivity index (χ1v) is 6.28. The Morgan fingerprint density at radius 3 is 2.21 bits per heavy atom. The number of nitrogens with zero attached hydrogens (tertiary/aromatic N) is 4. The molecule has 1 heterocycles. The number of aromatic nitrogens is 2. The molecule has 0 saturated heterocycles. The van der Waals surface area contributed by atoms with E-state index < -0.39 is 33.7 Å². The molecule has 12 heteroatoms. The molecular formula is C12H9F2N5O5. The topological polar surface area (TPSA) is 133 Å². The molecule has 10 nitrogen and oxygen atoms in total. The lowest BCUT2D eigenvalue weighted by Gasteiger charge is -2.06. The van der Waals surface area contributed by atoms with E-state index in [4.69, 9.17) is 0 Å². The molecule has 126 valence electrons. The standard InChI is InChI=1S/C12H9F2N5O5/c1-6-9(18(21)22)4-7(5-10(6)19(23)24)15-11(20)8-2-3-17(16-8)12(13)14/h2-5,12H,1H3,(H,15,20). The third kappa shape index (κ3) is 3.31. The number of amides is 1. The zero-order chi connectivity index (χ0) is 18.0. The van der Waals surface area contributed by atoms with Gasteiger partial charge in [0.15, 0.2) is 5.69 Å².